The molecule has 0 aromatic carbocycles. The third kappa shape index (κ3) is 3.27. The molecule has 6 nitrogen and oxygen atoms in total. The highest BCUT2D eigenvalue weighted by Gasteiger charge is 2.46. The molecule has 2 fully saturated rings. The predicted molar refractivity (Wildman–Crippen MR) is 84.0 cm³/mol. The zero-order valence-electron chi connectivity index (χ0n) is 13.5. The Hall–Kier alpha value is -1.82. The predicted octanol–water partition coefficient (Wildman–Crippen LogP) is 1.96. The number of rotatable bonds is 5. The van der Waals surface area contributed by atoms with Gasteiger partial charge in [0.2, 0.25) is 5.91 Å². The molecule has 2 heterocycles. The molecule has 0 unspecified atom stereocenters. The van der Waals surface area contributed by atoms with E-state index in [1.807, 2.05) is 4.90 Å². The average Bonchev–Trinajstić information content (AvgIpc) is 3.18. The zero-order chi connectivity index (χ0) is 16.3. The molecule has 1 aromatic heterocycles. The molecule has 1 aliphatic heterocycles. The van der Waals surface area contributed by atoms with Crippen LogP contribution in [0.1, 0.15) is 48.9 Å². The third-order valence-corrected chi connectivity index (χ3v) is 5.23. The lowest BCUT2D eigenvalue weighted by atomic mass is 9.77. The molecule has 2 aliphatic rings. The summed E-state index contributed by atoms with van der Waals surface area (Å²) in [5, 5.41) is 3.07. The summed E-state index contributed by atoms with van der Waals surface area (Å²) < 4.78 is 10.1. The van der Waals surface area contributed by atoms with E-state index in [0.29, 0.717) is 25.1 Å². The molecule has 1 spiro atoms. The molecule has 23 heavy (non-hydrogen) atoms. The van der Waals surface area contributed by atoms with Crippen molar-refractivity contribution in [3.63, 3.8) is 0 Å². The van der Waals surface area contributed by atoms with E-state index in [0.717, 1.165) is 32.1 Å². The zero-order valence-corrected chi connectivity index (χ0v) is 13.5. The van der Waals surface area contributed by atoms with E-state index in [1.165, 1.54) is 12.5 Å². The lowest BCUT2D eigenvalue weighted by Gasteiger charge is -2.44. The van der Waals surface area contributed by atoms with Crippen LogP contribution in [-0.2, 0) is 9.53 Å². The van der Waals surface area contributed by atoms with Gasteiger partial charge in [-0.2, -0.15) is 0 Å². The Labute approximate surface area is 136 Å². The number of carbonyl (C=O) groups excluding carboxylic acids is 2. The van der Waals surface area contributed by atoms with Crippen LogP contribution in [0.5, 0.6) is 0 Å². The SMILES string of the molecule is COCCN1C(=O)CCC12CCC(NC(=O)c1ccoc1)CC2. The number of hydrogen-bond acceptors (Lipinski definition) is 4. The van der Waals surface area contributed by atoms with Gasteiger partial charge in [0.05, 0.1) is 18.4 Å². The fraction of sp³-hybridized carbons (Fsp3) is 0.647. The van der Waals surface area contributed by atoms with Crippen LogP contribution in [0.3, 0.4) is 0 Å². The average molecular weight is 320 g/mol. The maximum absolute atomic E-state index is 12.2. The molecule has 0 radical (unpaired) electrons. The Morgan fingerprint density at radius 3 is 2.87 bits per heavy atom. The van der Waals surface area contributed by atoms with Gasteiger partial charge in [-0.15, -0.1) is 0 Å². The number of furan rings is 1. The van der Waals surface area contributed by atoms with Crippen molar-refractivity contribution in [2.24, 2.45) is 0 Å². The van der Waals surface area contributed by atoms with Crippen LogP contribution in [0.25, 0.3) is 0 Å². The minimum atomic E-state index is -0.0848. The Morgan fingerprint density at radius 2 is 2.22 bits per heavy atom. The number of ether oxygens (including phenoxy) is 1. The van der Waals surface area contributed by atoms with Crippen molar-refractivity contribution in [1.29, 1.82) is 0 Å². The van der Waals surface area contributed by atoms with Crippen molar-refractivity contribution in [2.75, 3.05) is 20.3 Å². The van der Waals surface area contributed by atoms with Crippen molar-refractivity contribution in [2.45, 2.75) is 50.1 Å². The molecular weight excluding hydrogens is 296 g/mol. The first-order valence-corrected chi connectivity index (χ1v) is 8.27. The highest BCUT2D eigenvalue weighted by atomic mass is 16.5. The third-order valence-electron chi connectivity index (χ3n) is 5.23. The molecule has 1 aliphatic carbocycles. The quantitative estimate of drug-likeness (QED) is 0.900. The van der Waals surface area contributed by atoms with Gasteiger partial charge in [-0.1, -0.05) is 0 Å². The van der Waals surface area contributed by atoms with Gasteiger partial charge in [-0.3, -0.25) is 9.59 Å². The lowest BCUT2D eigenvalue weighted by molar-refractivity contribution is -0.133. The summed E-state index contributed by atoms with van der Waals surface area (Å²) in [5.74, 6) is 0.154. The summed E-state index contributed by atoms with van der Waals surface area (Å²) in [6.45, 7) is 1.25. The molecule has 126 valence electrons. The number of amides is 2. The summed E-state index contributed by atoms with van der Waals surface area (Å²) in [6, 6.07) is 1.84. The molecule has 1 aromatic rings. The molecule has 2 amide bonds. The molecular formula is C17H24N2O4. The standard InChI is InChI=1S/C17H24N2O4/c1-22-11-9-19-15(20)4-8-17(19)6-2-14(3-7-17)18-16(21)13-5-10-23-12-13/h5,10,12,14H,2-4,6-9,11H2,1H3,(H,18,21). The van der Waals surface area contributed by atoms with Crippen LogP contribution in [-0.4, -0.2) is 48.6 Å². The largest absolute Gasteiger partial charge is 0.472 e. The van der Waals surface area contributed by atoms with Crippen LogP contribution >= 0.6 is 0 Å². The fourth-order valence-corrected chi connectivity index (χ4v) is 3.90. The summed E-state index contributed by atoms with van der Waals surface area (Å²) in [7, 11) is 1.66. The molecule has 0 atom stereocenters. The molecule has 0 bridgehead atoms. The van der Waals surface area contributed by atoms with Crippen molar-refractivity contribution < 1.29 is 18.7 Å². The highest BCUT2D eigenvalue weighted by molar-refractivity contribution is 5.93. The number of nitrogens with zero attached hydrogens (tertiary/aromatic N) is 1. The van der Waals surface area contributed by atoms with Crippen LogP contribution < -0.4 is 5.32 Å². The Balaban J connectivity index is 1.57. The van der Waals surface area contributed by atoms with Crippen molar-refractivity contribution in [1.82, 2.24) is 10.2 Å². The van der Waals surface area contributed by atoms with Crippen molar-refractivity contribution in [3.8, 4) is 0 Å². The van der Waals surface area contributed by atoms with E-state index in [4.69, 9.17) is 9.15 Å². The van der Waals surface area contributed by atoms with E-state index in [2.05, 4.69) is 5.32 Å². The van der Waals surface area contributed by atoms with Crippen molar-refractivity contribution >= 4 is 11.8 Å². The van der Waals surface area contributed by atoms with Crippen LogP contribution in [0, 0.1) is 0 Å². The maximum Gasteiger partial charge on any atom is 0.254 e. The first-order chi connectivity index (χ1) is 11.1. The van der Waals surface area contributed by atoms with E-state index < -0.39 is 0 Å². The minimum Gasteiger partial charge on any atom is -0.472 e. The number of carbonyl (C=O) groups is 2. The second-order valence-corrected chi connectivity index (χ2v) is 6.52. The summed E-state index contributed by atoms with van der Waals surface area (Å²) >= 11 is 0. The second kappa shape index (κ2) is 6.74. The van der Waals surface area contributed by atoms with Gasteiger partial charge in [0.15, 0.2) is 0 Å². The van der Waals surface area contributed by atoms with Crippen LogP contribution in [0.15, 0.2) is 23.0 Å². The van der Waals surface area contributed by atoms with Gasteiger partial charge >= 0.3 is 0 Å². The van der Waals surface area contributed by atoms with Gasteiger partial charge in [0.25, 0.3) is 5.91 Å². The lowest BCUT2D eigenvalue weighted by Crippen LogP contribution is -2.52. The highest BCUT2D eigenvalue weighted by Crippen LogP contribution is 2.42. The number of methoxy groups -OCH3 is 1. The fourth-order valence-electron chi connectivity index (χ4n) is 3.90. The van der Waals surface area contributed by atoms with Crippen LogP contribution in [0.2, 0.25) is 0 Å². The van der Waals surface area contributed by atoms with Crippen molar-refractivity contribution in [3.05, 3.63) is 24.2 Å². The Morgan fingerprint density at radius 1 is 1.43 bits per heavy atom. The molecule has 6 heteroatoms. The molecule has 3 rings (SSSR count). The van der Waals surface area contributed by atoms with E-state index in [1.54, 1.807) is 13.2 Å². The summed E-state index contributed by atoms with van der Waals surface area (Å²) in [6.07, 6.45) is 8.22. The van der Waals surface area contributed by atoms with Gasteiger partial charge in [0, 0.05) is 31.7 Å². The van der Waals surface area contributed by atoms with Gasteiger partial charge < -0.3 is 19.4 Å². The maximum atomic E-state index is 12.2. The summed E-state index contributed by atoms with van der Waals surface area (Å²) in [5.41, 5.74) is 0.537. The topological polar surface area (TPSA) is 71.8 Å². The van der Waals surface area contributed by atoms with E-state index >= 15 is 0 Å². The van der Waals surface area contributed by atoms with E-state index in [-0.39, 0.29) is 23.4 Å². The molecule has 1 saturated carbocycles. The van der Waals surface area contributed by atoms with E-state index in [9.17, 15) is 9.59 Å². The molecule has 1 saturated heterocycles. The minimum absolute atomic E-state index is 0.0213. The Bertz CT molecular complexity index is 547. The monoisotopic (exact) mass is 320 g/mol. The number of nitrogens with one attached hydrogen (secondary N) is 1. The number of hydrogen-bond donors (Lipinski definition) is 1. The van der Waals surface area contributed by atoms with Gasteiger partial charge in [0.1, 0.15) is 6.26 Å². The second-order valence-electron chi connectivity index (χ2n) is 6.52. The summed E-state index contributed by atoms with van der Waals surface area (Å²) in [4.78, 5) is 26.3. The van der Waals surface area contributed by atoms with Gasteiger partial charge in [-0.05, 0) is 38.2 Å². The smallest absolute Gasteiger partial charge is 0.254 e. The molecule has 1 N–H and O–H groups in total. The number of likely N-dealkylation sites (tertiary alicyclic amines) is 1. The normalized spacial score (nSPS) is 27.6. The van der Waals surface area contributed by atoms with Gasteiger partial charge in [-0.25, -0.2) is 0 Å². The Kier molecular flexibility index (Phi) is 4.71. The van der Waals surface area contributed by atoms with Crippen LogP contribution in [0.4, 0.5) is 0 Å². The first kappa shape index (κ1) is 16.1. The first-order valence-electron chi connectivity index (χ1n) is 8.27.